The Morgan fingerprint density at radius 2 is 1.46 bits per heavy atom. The van der Waals surface area contributed by atoms with E-state index < -0.39 is 91.1 Å². The first kappa shape index (κ1) is 30.0. The fourth-order valence-electron chi connectivity index (χ4n) is 3.89. The Morgan fingerprint density at radius 3 is 2.02 bits per heavy atom. The Morgan fingerprint density at radius 1 is 0.878 bits per heavy atom. The molecule has 18 nitrogen and oxygen atoms in total. The van der Waals surface area contributed by atoms with Gasteiger partial charge in [0.2, 0.25) is 12.0 Å². The lowest BCUT2D eigenvalue weighted by Gasteiger charge is -2.40. The fourth-order valence-corrected chi connectivity index (χ4v) is 4.87. The van der Waals surface area contributed by atoms with Gasteiger partial charge in [-0.2, -0.15) is 16.8 Å². The summed E-state index contributed by atoms with van der Waals surface area (Å²) in [6, 6.07) is 6.65. The van der Waals surface area contributed by atoms with E-state index in [1.807, 2.05) is 0 Å². The molecule has 1 aliphatic heterocycles. The molecule has 5 atom stereocenters. The second-order valence-electron chi connectivity index (χ2n) is 8.32. The molecule has 222 valence electrons. The van der Waals surface area contributed by atoms with Crippen LogP contribution in [0.15, 0.2) is 45.6 Å². The average molecular weight is 622 g/mol. The molecular weight excluding hydrogens is 604 g/mol. The zero-order valence-corrected chi connectivity index (χ0v) is 21.4. The molecule has 0 unspecified atom stereocenters. The molecule has 1 fully saturated rings. The van der Waals surface area contributed by atoms with E-state index in [1.165, 1.54) is 24.3 Å². The molecule has 4 rings (SSSR count). The van der Waals surface area contributed by atoms with Gasteiger partial charge in [0.25, 0.3) is 0 Å². The third-order valence-corrected chi connectivity index (χ3v) is 6.46. The van der Waals surface area contributed by atoms with Crippen LogP contribution in [0.2, 0.25) is 0 Å². The highest BCUT2D eigenvalue weighted by atomic mass is 32.3. The van der Waals surface area contributed by atoms with Crippen LogP contribution in [0, 0.1) is 0 Å². The van der Waals surface area contributed by atoms with Crippen molar-refractivity contribution in [2.45, 2.75) is 30.7 Å². The molecule has 1 aliphatic rings. The van der Waals surface area contributed by atoms with E-state index in [9.17, 15) is 56.5 Å². The number of phenolic OH excluding ortho intramolecular Hbond substituents is 3. The second-order valence-corrected chi connectivity index (χ2v) is 10.4. The van der Waals surface area contributed by atoms with E-state index in [2.05, 4.69) is 8.37 Å². The molecule has 0 amide bonds. The lowest BCUT2D eigenvalue weighted by molar-refractivity contribution is -0.261. The zero-order valence-electron chi connectivity index (χ0n) is 19.8. The van der Waals surface area contributed by atoms with Gasteiger partial charge in [0.15, 0.2) is 29.0 Å². The summed E-state index contributed by atoms with van der Waals surface area (Å²) in [4.78, 5) is 24.6. The number of benzene rings is 2. The van der Waals surface area contributed by atoms with Crippen LogP contribution in [0.5, 0.6) is 23.0 Å². The summed E-state index contributed by atoms with van der Waals surface area (Å²) in [7, 11) is -11.0. The summed E-state index contributed by atoms with van der Waals surface area (Å²) in [5, 5.41) is 49.8. The third-order valence-electron chi connectivity index (χ3n) is 5.53. The molecule has 0 radical (unpaired) electrons. The van der Waals surface area contributed by atoms with E-state index >= 15 is 0 Å². The average Bonchev–Trinajstić information content (AvgIpc) is 2.83. The number of carboxylic acids is 1. The van der Waals surface area contributed by atoms with Gasteiger partial charge in [-0.05, 0) is 24.3 Å². The smallest absolute Gasteiger partial charge is 0.397 e. The number of carboxylic acid groups (broad SMARTS) is 1. The van der Waals surface area contributed by atoms with Crippen LogP contribution < -0.4 is 10.2 Å². The topological polar surface area (TPSA) is 294 Å². The number of hydrogen-bond donors (Lipinski definition) is 7. The van der Waals surface area contributed by atoms with Gasteiger partial charge in [0.05, 0.1) is 0 Å². The quantitative estimate of drug-likeness (QED) is 0.156. The van der Waals surface area contributed by atoms with Crippen LogP contribution in [0.3, 0.4) is 0 Å². The minimum atomic E-state index is -5.53. The first-order chi connectivity index (χ1) is 18.9. The van der Waals surface area contributed by atoms with Gasteiger partial charge in [0, 0.05) is 17.7 Å². The van der Waals surface area contributed by atoms with Gasteiger partial charge in [-0.15, -0.1) is 0 Å². The number of fused-ring (bicyclic) bond motifs is 1. The zero-order chi connectivity index (χ0) is 30.4. The molecule has 7 N–H and O–H groups in total. The monoisotopic (exact) mass is 622 g/mol. The number of aliphatic hydroxyl groups excluding tert-OH is 1. The van der Waals surface area contributed by atoms with E-state index in [1.54, 1.807) is 0 Å². The summed E-state index contributed by atoms with van der Waals surface area (Å²) in [5.41, 5.74) is -1.43. The van der Waals surface area contributed by atoms with Crippen LogP contribution in [0.1, 0.15) is 0 Å². The van der Waals surface area contributed by atoms with Crippen LogP contribution >= 0.6 is 0 Å². The molecule has 0 bridgehead atoms. The number of ether oxygens (including phenoxy) is 2. The molecule has 2 heterocycles. The van der Waals surface area contributed by atoms with Gasteiger partial charge in [-0.1, -0.05) is 0 Å². The fraction of sp³-hybridized carbons (Fsp3) is 0.238. The Labute approximate surface area is 228 Å². The van der Waals surface area contributed by atoms with Crippen LogP contribution in [0.4, 0.5) is 0 Å². The lowest BCUT2D eigenvalue weighted by atomic mass is 9.99. The van der Waals surface area contributed by atoms with Gasteiger partial charge in [-0.25, -0.2) is 13.2 Å². The maximum atomic E-state index is 12.8. The maximum absolute atomic E-state index is 12.8. The van der Waals surface area contributed by atoms with Gasteiger partial charge < -0.3 is 39.4 Å². The highest BCUT2D eigenvalue weighted by Crippen LogP contribution is 2.42. The molecule has 41 heavy (non-hydrogen) atoms. The summed E-state index contributed by atoms with van der Waals surface area (Å²) in [6.07, 6.45) is -12.8. The third kappa shape index (κ3) is 6.49. The van der Waals surface area contributed by atoms with Crippen molar-refractivity contribution in [3.63, 3.8) is 0 Å². The normalized spacial score (nSPS) is 23.3. The van der Waals surface area contributed by atoms with Gasteiger partial charge in [-0.3, -0.25) is 13.9 Å². The van der Waals surface area contributed by atoms with E-state index in [4.69, 9.17) is 18.4 Å². The first-order valence-corrected chi connectivity index (χ1v) is 13.5. The molecule has 0 saturated carbocycles. The minimum absolute atomic E-state index is 0.140. The highest BCUT2D eigenvalue weighted by molar-refractivity contribution is 7.81. The van der Waals surface area contributed by atoms with Crippen molar-refractivity contribution in [2.24, 2.45) is 0 Å². The predicted octanol–water partition coefficient (Wildman–Crippen LogP) is -0.498. The van der Waals surface area contributed by atoms with Crippen molar-refractivity contribution in [3.8, 4) is 34.3 Å². The molecule has 1 saturated heterocycles. The van der Waals surface area contributed by atoms with Crippen molar-refractivity contribution in [3.05, 3.63) is 46.6 Å². The Balaban J connectivity index is 1.87. The summed E-state index contributed by atoms with van der Waals surface area (Å²) in [5.74, 6) is -5.12. The number of rotatable bonds is 8. The number of phenols is 3. The van der Waals surface area contributed by atoms with Crippen molar-refractivity contribution in [1.82, 2.24) is 0 Å². The van der Waals surface area contributed by atoms with Crippen molar-refractivity contribution >= 4 is 37.7 Å². The minimum Gasteiger partial charge on any atom is -0.508 e. The summed E-state index contributed by atoms with van der Waals surface area (Å²) in [6.45, 7) is 0. The highest BCUT2D eigenvalue weighted by Gasteiger charge is 2.54. The van der Waals surface area contributed by atoms with Gasteiger partial charge in [0.1, 0.15) is 34.9 Å². The molecule has 0 spiro atoms. The number of carbonyl (C=O) groups is 1. The standard InChI is InChI=1S/C21H18O18S2/c22-8-3-1-7(2-4-8)12-6-10(24)13-9(23)5-11(25)15(16(13)35-12)36-21-18(39-41(32,33)34)14(26)17(38-40(29,30)31)19(37-21)20(27)28/h1-6,14,17-19,21-23,25-26H,(H,27,28)(H,29,30,31)(H,32,33,34)/t14-,17+,18+,19-,21+/m1/s1. The molecule has 2 aromatic carbocycles. The predicted molar refractivity (Wildman–Crippen MR) is 129 cm³/mol. The van der Waals surface area contributed by atoms with E-state index in [0.717, 1.165) is 6.07 Å². The van der Waals surface area contributed by atoms with Crippen molar-refractivity contribution in [2.75, 3.05) is 0 Å². The molecular formula is C21H18O18S2. The largest absolute Gasteiger partial charge is 0.508 e. The first-order valence-electron chi connectivity index (χ1n) is 10.8. The second kappa shape index (κ2) is 10.8. The number of aliphatic hydroxyl groups is 1. The lowest BCUT2D eigenvalue weighted by Crippen LogP contribution is -2.63. The molecule has 1 aromatic heterocycles. The Bertz CT molecular complexity index is 1760. The SMILES string of the molecule is O=C(O)[C@@H]1O[C@H](Oc2c(O)cc(O)c3c(=O)cc(-c4ccc(O)cc4)oc23)[C@@H](OS(=O)(=O)O)[C@H](O)[C@@H]1OS(=O)(=O)O. The Kier molecular flexibility index (Phi) is 7.86. The maximum Gasteiger partial charge on any atom is 0.397 e. The van der Waals surface area contributed by atoms with Crippen LogP contribution in [-0.4, -0.2) is 88.1 Å². The van der Waals surface area contributed by atoms with Crippen molar-refractivity contribution in [1.29, 1.82) is 0 Å². The number of hydrogen-bond acceptors (Lipinski definition) is 15. The van der Waals surface area contributed by atoms with E-state index in [0.29, 0.717) is 6.07 Å². The molecule has 3 aromatic rings. The number of aliphatic carboxylic acids is 1. The molecule has 0 aliphatic carbocycles. The molecule has 20 heteroatoms. The van der Waals surface area contributed by atoms with E-state index in [-0.39, 0.29) is 17.1 Å². The van der Waals surface area contributed by atoms with Crippen molar-refractivity contribution < 1.29 is 78.5 Å². The number of aromatic hydroxyl groups is 3. The Hall–Kier alpha value is -4.02. The summed E-state index contributed by atoms with van der Waals surface area (Å²) >= 11 is 0. The van der Waals surface area contributed by atoms with Crippen LogP contribution in [-0.2, 0) is 38.7 Å². The van der Waals surface area contributed by atoms with Crippen LogP contribution in [0.25, 0.3) is 22.3 Å². The van der Waals surface area contributed by atoms with Gasteiger partial charge >= 0.3 is 26.8 Å². The summed E-state index contributed by atoms with van der Waals surface area (Å²) < 4.78 is 88.0.